The molecule has 2 heterocycles. The number of fused-ring (bicyclic) bond motifs is 1. The van der Waals surface area contributed by atoms with Gasteiger partial charge in [0.05, 0.1) is 0 Å². The number of hydrogen-bond acceptors (Lipinski definition) is 3. The van der Waals surface area contributed by atoms with Crippen LogP contribution in [-0.2, 0) is 4.79 Å². The Hall–Kier alpha value is -2.82. The molecule has 0 N–H and O–H groups in total. The molecule has 1 fully saturated rings. The summed E-state index contributed by atoms with van der Waals surface area (Å²) in [7, 11) is 0. The van der Waals surface area contributed by atoms with Crippen LogP contribution in [0.4, 0.5) is 0 Å². The van der Waals surface area contributed by atoms with E-state index < -0.39 is 0 Å². The van der Waals surface area contributed by atoms with Gasteiger partial charge in [-0.15, -0.1) is 0 Å². The van der Waals surface area contributed by atoms with Crippen LogP contribution >= 0.6 is 0 Å². The van der Waals surface area contributed by atoms with Crippen molar-refractivity contribution in [2.24, 2.45) is 0 Å². The van der Waals surface area contributed by atoms with E-state index >= 15 is 0 Å². The summed E-state index contributed by atoms with van der Waals surface area (Å²) in [6, 6.07) is 15.9. The molecule has 2 aliphatic heterocycles. The maximum Gasteiger partial charge on any atom is 0.253 e. The van der Waals surface area contributed by atoms with E-state index in [1.807, 2.05) is 73.0 Å². The van der Waals surface area contributed by atoms with Gasteiger partial charge in [0, 0.05) is 56.9 Å². The Bertz CT molecular complexity index is 957. The molecule has 0 saturated carbocycles. The standard InChI is InChI=1S/C27H34N2O3/c1-4-28(5-2)25(30)18-22-19-27(32-24-9-7-6-8-23(22)24)14-16-29(17-15-27)26(31)21-12-10-20(3)11-13-21/h6-13,22H,4-5,14-19H2,1-3H3. The molecule has 0 aliphatic carbocycles. The molecule has 5 nitrogen and oxygen atoms in total. The van der Waals surface area contributed by atoms with Gasteiger partial charge in [-0.1, -0.05) is 35.9 Å². The molecule has 1 saturated heterocycles. The first kappa shape index (κ1) is 22.4. The number of likely N-dealkylation sites (tertiary alicyclic amines) is 1. The van der Waals surface area contributed by atoms with Crippen LogP contribution < -0.4 is 4.74 Å². The minimum absolute atomic E-state index is 0.0873. The van der Waals surface area contributed by atoms with Gasteiger partial charge < -0.3 is 14.5 Å². The van der Waals surface area contributed by atoms with Crippen molar-refractivity contribution in [3.63, 3.8) is 0 Å². The Labute approximate surface area is 191 Å². The second-order valence-electron chi connectivity index (χ2n) is 9.15. The maximum absolute atomic E-state index is 13.0. The second kappa shape index (κ2) is 9.35. The minimum atomic E-state index is -0.313. The number of rotatable bonds is 5. The van der Waals surface area contributed by atoms with E-state index in [0.717, 1.165) is 54.8 Å². The SMILES string of the molecule is CCN(CC)C(=O)CC1CC2(CCN(C(=O)c3ccc(C)cc3)CC2)Oc2ccccc21. The Morgan fingerprint density at radius 3 is 2.34 bits per heavy atom. The number of amides is 2. The van der Waals surface area contributed by atoms with Crippen LogP contribution in [0, 0.1) is 6.92 Å². The lowest BCUT2D eigenvalue weighted by molar-refractivity contribution is -0.131. The zero-order valence-corrected chi connectivity index (χ0v) is 19.5. The van der Waals surface area contributed by atoms with Crippen molar-refractivity contribution in [1.82, 2.24) is 9.80 Å². The van der Waals surface area contributed by atoms with Gasteiger partial charge in [-0.05, 0) is 51.0 Å². The maximum atomic E-state index is 13.0. The monoisotopic (exact) mass is 434 g/mol. The summed E-state index contributed by atoms with van der Waals surface area (Å²) in [5.41, 5.74) is 2.71. The first-order chi connectivity index (χ1) is 15.4. The molecule has 170 valence electrons. The number of hydrogen-bond donors (Lipinski definition) is 0. The third-order valence-corrected chi connectivity index (χ3v) is 7.10. The van der Waals surface area contributed by atoms with Crippen molar-refractivity contribution >= 4 is 11.8 Å². The molecule has 4 rings (SSSR count). The summed E-state index contributed by atoms with van der Waals surface area (Å²) in [5.74, 6) is 1.34. The van der Waals surface area contributed by atoms with E-state index in [9.17, 15) is 9.59 Å². The molecule has 32 heavy (non-hydrogen) atoms. The lowest BCUT2D eigenvalue weighted by Gasteiger charge is -2.47. The van der Waals surface area contributed by atoms with Crippen molar-refractivity contribution in [3.8, 4) is 5.75 Å². The molecular formula is C27H34N2O3. The van der Waals surface area contributed by atoms with Crippen LogP contribution in [0.2, 0.25) is 0 Å². The molecule has 2 aliphatic rings. The van der Waals surface area contributed by atoms with Crippen molar-refractivity contribution in [2.75, 3.05) is 26.2 Å². The van der Waals surface area contributed by atoms with Crippen molar-refractivity contribution in [3.05, 3.63) is 65.2 Å². The normalized spacial score (nSPS) is 19.2. The van der Waals surface area contributed by atoms with Crippen LogP contribution in [0.15, 0.2) is 48.5 Å². The zero-order chi connectivity index (χ0) is 22.7. The summed E-state index contributed by atoms with van der Waals surface area (Å²) in [6.45, 7) is 8.90. The smallest absolute Gasteiger partial charge is 0.253 e. The molecule has 0 radical (unpaired) electrons. The number of nitrogens with zero attached hydrogens (tertiary/aromatic N) is 2. The average Bonchev–Trinajstić information content (AvgIpc) is 2.80. The zero-order valence-electron chi connectivity index (χ0n) is 19.5. The van der Waals surface area contributed by atoms with E-state index in [1.54, 1.807) is 0 Å². The highest BCUT2D eigenvalue weighted by molar-refractivity contribution is 5.94. The summed E-state index contributed by atoms with van der Waals surface area (Å²) >= 11 is 0. The van der Waals surface area contributed by atoms with Gasteiger partial charge in [-0.25, -0.2) is 0 Å². The summed E-state index contributed by atoms with van der Waals surface area (Å²) in [5, 5.41) is 0. The Kier molecular flexibility index (Phi) is 6.54. The number of ether oxygens (including phenoxy) is 1. The first-order valence-corrected chi connectivity index (χ1v) is 11.9. The number of carbonyl (C=O) groups excluding carboxylic acids is 2. The van der Waals surface area contributed by atoms with Gasteiger partial charge in [-0.2, -0.15) is 0 Å². The highest BCUT2D eigenvalue weighted by Gasteiger charge is 2.44. The third kappa shape index (κ3) is 4.52. The fraction of sp³-hybridized carbons (Fsp3) is 0.481. The second-order valence-corrected chi connectivity index (χ2v) is 9.15. The van der Waals surface area contributed by atoms with Gasteiger partial charge in [0.1, 0.15) is 11.4 Å². The quantitative estimate of drug-likeness (QED) is 0.680. The third-order valence-electron chi connectivity index (χ3n) is 7.10. The highest BCUT2D eigenvalue weighted by Crippen LogP contribution is 2.46. The molecular weight excluding hydrogens is 400 g/mol. The minimum Gasteiger partial charge on any atom is -0.487 e. The van der Waals surface area contributed by atoms with E-state index in [2.05, 4.69) is 6.07 Å². The van der Waals surface area contributed by atoms with Crippen LogP contribution in [0.1, 0.15) is 66.9 Å². The molecule has 0 bridgehead atoms. The van der Waals surface area contributed by atoms with Gasteiger partial charge in [0.25, 0.3) is 5.91 Å². The molecule has 2 aromatic carbocycles. The van der Waals surface area contributed by atoms with Crippen molar-refractivity contribution < 1.29 is 14.3 Å². The number of aryl methyl sites for hydroxylation is 1. The lowest BCUT2D eigenvalue weighted by atomic mass is 9.76. The predicted molar refractivity (Wildman–Crippen MR) is 126 cm³/mol. The molecule has 1 unspecified atom stereocenters. The van der Waals surface area contributed by atoms with Gasteiger partial charge in [-0.3, -0.25) is 9.59 Å². The van der Waals surface area contributed by atoms with Gasteiger partial charge in [0.15, 0.2) is 0 Å². The molecule has 0 aromatic heterocycles. The molecule has 1 spiro atoms. The predicted octanol–water partition coefficient (Wildman–Crippen LogP) is 4.79. The molecule has 2 aromatic rings. The fourth-order valence-electron chi connectivity index (χ4n) is 5.15. The molecule has 5 heteroatoms. The van der Waals surface area contributed by atoms with Crippen molar-refractivity contribution in [2.45, 2.75) is 58.0 Å². The largest absolute Gasteiger partial charge is 0.487 e. The number of para-hydroxylation sites is 1. The Balaban J connectivity index is 1.49. The average molecular weight is 435 g/mol. The van der Waals surface area contributed by atoms with E-state index in [0.29, 0.717) is 19.5 Å². The summed E-state index contributed by atoms with van der Waals surface area (Å²) in [6.07, 6.45) is 2.91. The fourth-order valence-corrected chi connectivity index (χ4v) is 5.15. The Morgan fingerprint density at radius 1 is 1.03 bits per heavy atom. The number of benzene rings is 2. The first-order valence-electron chi connectivity index (χ1n) is 11.9. The van der Waals surface area contributed by atoms with Crippen LogP contribution in [0.5, 0.6) is 5.75 Å². The van der Waals surface area contributed by atoms with Crippen LogP contribution in [0.3, 0.4) is 0 Å². The van der Waals surface area contributed by atoms with E-state index in [4.69, 9.17) is 4.74 Å². The number of piperidine rings is 1. The van der Waals surface area contributed by atoms with Crippen LogP contribution in [0.25, 0.3) is 0 Å². The summed E-state index contributed by atoms with van der Waals surface area (Å²) in [4.78, 5) is 29.7. The van der Waals surface area contributed by atoms with Gasteiger partial charge >= 0.3 is 0 Å². The highest BCUT2D eigenvalue weighted by atomic mass is 16.5. The van der Waals surface area contributed by atoms with Gasteiger partial charge in [0.2, 0.25) is 5.91 Å². The summed E-state index contributed by atoms with van der Waals surface area (Å²) < 4.78 is 6.57. The number of carbonyl (C=O) groups is 2. The topological polar surface area (TPSA) is 49.9 Å². The van der Waals surface area contributed by atoms with Crippen LogP contribution in [-0.4, -0.2) is 53.4 Å². The lowest BCUT2D eigenvalue weighted by Crippen LogP contribution is -2.52. The van der Waals surface area contributed by atoms with Crippen molar-refractivity contribution in [1.29, 1.82) is 0 Å². The van der Waals surface area contributed by atoms with E-state index in [1.165, 1.54) is 0 Å². The van der Waals surface area contributed by atoms with E-state index in [-0.39, 0.29) is 23.3 Å². The molecule has 2 amide bonds. The molecule has 1 atom stereocenters. The Morgan fingerprint density at radius 2 is 1.69 bits per heavy atom.